The predicted octanol–water partition coefficient (Wildman–Crippen LogP) is 1.44. The van der Waals surface area contributed by atoms with E-state index in [4.69, 9.17) is 9.84 Å². The maximum Gasteiger partial charge on any atom is 0.260 e. The Labute approximate surface area is 94.2 Å². The lowest BCUT2D eigenvalue weighted by Crippen LogP contribution is -2.37. The third-order valence-electron chi connectivity index (χ3n) is 2.44. The molecule has 0 aromatic heterocycles. The summed E-state index contributed by atoms with van der Waals surface area (Å²) in [5.41, 5.74) is 0. The van der Waals surface area contributed by atoms with Crippen LogP contribution in [0.25, 0.3) is 0 Å². The van der Waals surface area contributed by atoms with Gasteiger partial charge < -0.3 is 15.2 Å². The highest BCUT2D eigenvalue weighted by atomic mass is 16.5. The number of hydrogen-bond donors (Lipinski definition) is 2. The summed E-state index contributed by atoms with van der Waals surface area (Å²) in [5, 5.41) is 12.0. The summed E-state index contributed by atoms with van der Waals surface area (Å²) in [5.74, 6) is 0.675. The molecule has 0 radical (unpaired) electrons. The van der Waals surface area contributed by atoms with Gasteiger partial charge in [0.2, 0.25) is 0 Å². The number of phenols is 1. The fourth-order valence-corrected chi connectivity index (χ4v) is 1.33. The quantitative estimate of drug-likeness (QED) is 0.808. The Morgan fingerprint density at radius 2 is 2.06 bits per heavy atom. The van der Waals surface area contributed by atoms with Crippen molar-refractivity contribution in [2.75, 3.05) is 0 Å². The van der Waals surface area contributed by atoms with Crippen molar-refractivity contribution in [3.05, 3.63) is 24.3 Å². The van der Waals surface area contributed by atoms with Crippen molar-refractivity contribution in [1.82, 2.24) is 5.32 Å². The molecule has 1 aromatic rings. The average molecular weight is 221 g/mol. The monoisotopic (exact) mass is 221 g/mol. The van der Waals surface area contributed by atoms with Crippen LogP contribution in [0.15, 0.2) is 24.3 Å². The SMILES string of the molecule is C[C@@H](Oc1ccc(O)cc1)C(=O)NC1CC1. The second-order valence-electron chi connectivity index (χ2n) is 4.04. The molecule has 1 fully saturated rings. The summed E-state index contributed by atoms with van der Waals surface area (Å²) in [4.78, 5) is 11.6. The summed E-state index contributed by atoms with van der Waals surface area (Å²) in [6.07, 6.45) is 1.63. The van der Waals surface area contributed by atoms with Crippen LogP contribution >= 0.6 is 0 Å². The van der Waals surface area contributed by atoms with E-state index in [9.17, 15) is 4.79 Å². The lowest BCUT2D eigenvalue weighted by molar-refractivity contribution is -0.127. The predicted molar refractivity (Wildman–Crippen MR) is 59.4 cm³/mol. The van der Waals surface area contributed by atoms with Gasteiger partial charge in [-0.2, -0.15) is 0 Å². The summed E-state index contributed by atoms with van der Waals surface area (Å²) in [6, 6.07) is 6.67. The van der Waals surface area contributed by atoms with Crippen LogP contribution in [0.5, 0.6) is 11.5 Å². The molecule has 1 atom stereocenters. The molecule has 16 heavy (non-hydrogen) atoms. The molecule has 1 aromatic carbocycles. The third kappa shape index (κ3) is 2.89. The van der Waals surface area contributed by atoms with Gasteiger partial charge in [0.1, 0.15) is 11.5 Å². The van der Waals surface area contributed by atoms with Crippen molar-refractivity contribution in [1.29, 1.82) is 0 Å². The molecule has 4 nitrogen and oxygen atoms in total. The van der Waals surface area contributed by atoms with Gasteiger partial charge in [0.05, 0.1) is 0 Å². The van der Waals surface area contributed by atoms with Crippen LogP contribution in [0, 0.1) is 0 Å². The number of carbonyl (C=O) groups excluding carboxylic acids is 1. The highest BCUT2D eigenvalue weighted by Gasteiger charge is 2.26. The van der Waals surface area contributed by atoms with Crippen molar-refractivity contribution < 1.29 is 14.6 Å². The fraction of sp³-hybridized carbons (Fsp3) is 0.417. The third-order valence-corrected chi connectivity index (χ3v) is 2.44. The molecule has 1 amide bonds. The lowest BCUT2D eigenvalue weighted by atomic mass is 10.3. The molecular weight excluding hydrogens is 206 g/mol. The van der Waals surface area contributed by atoms with Gasteiger partial charge in [-0.25, -0.2) is 0 Å². The number of hydrogen-bond acceptors (Lipinski definition) is 3. The largest absolute Gasteiger partial charge is 0.508 e. The van der Waals surface area contributed by atoms with Gasteiger partial charge in [-0.15, -0.1) is 0 Å². The van der Waals surface area contributed by atoms with Crippen molar-refractivity contribution in [2.24, 2.45) is 0 Å². The molecule has 1 aliphatic rings. The maximum absolute atomic E-state index is 11.6. The molecule has 2 N–H and O–H groups in total. The van der Waals surface area contributed by atoms with Crippen LogP contribution in [-0.2, 0) is 4.79 Å². The molecule has 0 unspecified atom stereocenters. The Morgan fingerprint density at radius 3 is 2.62 bits per heavy atom. The molecule has 1 aliphatic carbocycles. The van der Waals surface area contributed by atoms with Crippen LogP contribution in [-0.4, -0.2) is 23.2 Å². The summed E-state index contributed by atoms with van der Waals surface area (Å²) in [7, 11) is 0. The normalized spacial score (nSPS) is 16.6. The molecule has 0 aliphatic heterocycles. The fourth-order valence-electron chi connectivity index (χ4n) is 1.33. The van der Waals surface area contributed by atoms with Crippen molar-refractivity contribution >= 4 is 5.91 Å². The number of nitrogens with one attached hydrogen (secondary N) is 1. The molecule has 0 spiro atoms. The number of carbonyl (C=O) groups is 1. The Morgan fingerprint density at radius 1 is 1.44 bits per heavy atom. The highest BCUT2D eigenvalue weighted by Crippen LogP contribution is 2.20. The minimum atomic E-state index is -0.509. The van der Waals surface area contributed by atoms with Crippen molar-refractivity contribution in [3.8, 4) is 11.5 Å². The van der Waals surface area contributed by atoms with Crippen LogP contribution in [0.1, 0.15) is 19.8 Å². The zero-order valence-corrected chi connectivity index (χ0v) is 9.14. The summed E-state index contributed by atoms with van der Waals surface area (Å²) < 4.78 is 5.44. The molecule has 0 heterocycles. The number of ether oxygens (including phenoxy) is 1. The summed E-state index contributed by atoms with van der Waals surface area (Å²) in [6.45, 7) is 1.71. The first-order valence-electron chi connectivity index (χ1n) is 5.41. The van der Waals surface area contributed by atoms with E-state index in [1.165, 1.54) is 12.1 Å². The Kier molecular flexibility index (Phi) is 2.99. The van der Waals surface area contributed by atoms with Crippen molar-refractivity contribution in [3.63, 3.8) is 0 Å². The van der Waals surface area contributed by atoms with Gasteiger partial charge in [0.25, 0.3) is 5.91 Å². The highest BCUT2D eigenvalue weighted by molar-refractivity contribution is 5.81. The van der Waals surface area contributed by atoms with E-state index in [1.54, 1.807) is 19.1 Å². The number of rotatable bonds is 4. The van der Waals surface area contributed by atoms with E-state index in [2.05, 4.69) is 5.32 Å². The van der Waals surface area contributed by atoms with E-state index in [-0.39, 0.29) is 11.7 Å². The Balaban J connectivity index is 1.87. The molecule has 1 saturated carbocycles. The Bertz CT molecular complexity index is 370. The second-order valence-corrected chi connectivity index (χ2v) is 4.04. The minimum Gasteiger partial charge on any atom is -0.508 e. The summed E-state index contributed by atoms with van der Waals surface area (Å²) >= 11 is 0. The number of benzene rings is 1. The first-order valence-corrected chi connectivity index (χ1v) is 5.41. The number of aromatic hydroxyl groups is 1. The van der Waals surface area contributed by atoms with Gasteiger partial charge in [0.15, 0.2) is 6.10 Å². The van der Waals surface area contributed by atoms with Gasteiger partial charge >= 0.3 is 0 Å². The molecule has 4 heteroatoms. The van der Waals surface area contributed by atoms with Crippen molar-refractivity contribution in [2.45, 2.75) is 31.9 Å². The zero-order valence-electron chi connectivity index (χ0n) is 9.14. The standard InChI is InChI=1S/C12H15NO3/c1-8(12(15)13-9-2-3-9)16-11-6-4-10(14)5-7-11/h4-9,14H,2-3H2,1H3,(H,13,15)/t8-/m1/s1. The lowest BCUT2D eigenvalue weighted by Gasteiger charge is -2.14. The smallest absolute Gasteiger partial charge is 0.260 e. The average Bonchev–Trinajstić information content (AvgIpc) is 3.05. The minimum absolute atomic E-state index is 0.0874. The molecule has 0 bridgehead atoms. The van der Waals surface area contributed by atoms with E-state index >= 15 is 0 Å². The van der Waals surface area contributed by atoms with Gasteiger partial charge in [-0.3, -0.25) is 4.79 Å². The zero-order chi connectivity index (χ0) is 11.5. The number of phenolic OH excluding ortho intramolecular Hbond substituents is 1. The second kappa shape index (κ2) is 4.43. The number of amides is 1. The van der Waals surface area contributed by atoms with Gasteiger partial charge in [-0.1, -0.05) is 0 Å². The van der Waals surface area contributed by atoms with Gasteiger partial charge in [0, 0.05) is 6.04 Å². The van der Waals surface area contributed by atoms with E-state index < -0.39 is 6.10 Å². The molecule has 2 rings (SSSR count). The van der Waals surface area contributed by atoms with E-state index in [1.807, 2.05) is 0 Å². The first-order chi connectivity index (χ1) is 7.65. The maximum atomic E-state index is 11.6. The Hall–Kier alpha value is -1.71. The van der Waals surface area contributed by atoms with E-state index in [0.717, 1.165) is 12.8 Å². The molecule has 86 valence electrons. The first kappa shape index (κ1) is 10.8. The molecular formula is C12H15NO3. The molecule has 0 saturated heterocycles. The van der Waals surface area contributed by atoms with Crippen LogP contribution in [0.2, 0.25) is 0 Å². The van der Waals surface area contributed by atoms with Crippen LogP contribution < -0.4 is 10.1 Å². The van der Waals surface area contributed by atoms with Gasteiger partial charge in [-0.05, 0) is 44.0 Å². The van der Waals surface area contributed by atoms with Crippen LogP contribution in [0.3, 0.4) is 0 Å². The van der Waals surface area contributed by atoms with E-state index in [0.29, 0.717) is 11.8 Å². The topological polar surface area (TPSA) is 58.6 Å². The van der Waals surface area contributed by atoms with Crippen LogP contribution in [0.4, 0.5) is 0 Å².